The van der Waals surface area contributed by atoms with Crippen LogP contribution in [0.2, 0.25) is 0 Å². The van der Waals surface area contributed by atoms with E-state index in [1.807, 2.05) is 29.6 Å². The van der Waals surface area contributed by atoms with Gasteiger partial charge in [0.05, 0.1) is 19.5 Å². The minimum atomic E-state index is 0.0525. The fraction of sp³-hybridized carbons (Fsp3) is 0.250. The molecule has 4 nitrogen and oxygen atoms in total. The molecule has 2 aromatic rings. The Morgan fingerprint density at radius 3 is 3.05 bits per heavy atom. The van der Waals surface area contributed by atoms with Gasteiger partial charge in [0.15, 0.2) is 0 Å². The number of carbonyl (C=O) groups excluding carboxylic acids is 1. The second-order valence-electron chi connectivity index (χ2n) is 4.56. The van der Waals surface area contributed by atoms with E-state index < -0.39 is 0 Å². The van der Waals surface area contributed by atoms with E-state index in [2.05, 4.69) is 16.8 Å². The van der Waals surface area contributed by atoms with Crippen LogP contribution in [0.4, 0.5) is 0 Å². The van der Waals surface area contributed by atoms with Gasteiger partial charge in [-0.2, -0.15) is 0 Å². The fourth-order valence-electron chi connectivity index (χ4n) is 1.80. The van der Waals surface area contributed by atoms with Gasteiger partial charge in [0, 0.05) is 34.8 Å². The first kappa shape index (κ1) is 15.2. The Bertz CT molecular complexity index is 655. The molecule has 0 aliphatic heterocycles. The summed E-state index contributed by atoms with van der Waals surface area (Å²) in [6.07, 6.45) is 2.02. The zero-order valence-electron chi connectivity index (χ0n) is 11.9. The molecule has 0 bridgehead atoms. The van der Waals surface area contributed by atoms with E-state index in [0.717, 1.165) is 16.1 Å². The molecule has 2 heterocycles. The third kappa shape index (κ3) is 4.71. The summed E-state index contributed by atoms with van der Waals surface area (Å²) in [6, 6.07) is 7.58. The van der Waals surface area contributed by atoms with Gasteiger partial charge in [-0.15, -0.1) is 11.3 Å². The maximum atomic E-state index is 12.1. The molecule has 0 radical (unpaired) electrons. The van der Waals surface area contributed by atoms with Crippen molar-refractivity contribution in [3.05, 3.63) is 52.0 Å². The quantitative estimate of drug-likeness (QED) is 0.873. The van der Waals surface area contributed by atoms with Gasteiger partial charge in [-0.25, -0.2) is 0 Å². The summed E-state index contributed by atoms with van der Waals surface area (Å²) in [5, 5.41) is 1.98. The van der Waals surface area contributed by atoms with Crippen molar-refractivity contribution in [2.75, 3.05) is 13.6 Å². The highest BCUT2D eigenvalue weighted by molar-refractivity contribution is 7.10. The van der Waals surface area contributed by atoms with Crippen LogP contribution in [0.15, 0.2) is 35.8 Å². The molecule has 2 rings (SSSR count). The smallest absolute Gasteiger partial charge is 0.228 e. The van der Waals surface area contributed by atoms with Crippen molar-refractivity contribution < 1.29 is 4.79 Å². The highest BCUT2D eigenvalue weighted by Crippen LogP contribution is 2.16. The van der Waals surface area contributed by atoms with Crippen LogP contribution >= 0.6 is 11.3 Å². The number of nitrogens with two attached hydrogens (primary N) is 1. The highest BCUT2D eigenvalue weighted by Gasteiger charge is 2.11. The third-order valence-corrected chi connectivity index (χ3v) is 3.79. The topological polar surface area (TPSA) is 59.2 Å². The Hall–Kier alpha value is -2.16. The first-order valence-electron chi connectivity index (χ1n) is 6.59. The second kappa shape index (κ2) is 7.58. The van der Waals surface area contributed by atoms with E-state index in [-0.39, 0.29) is 5.91 Å². The van der Waals surface area contributed by atoms with Crippen LogP contribution in [0.5, 0.6) is 0 Å². The van der Waals surface area contributed by atoms with Crippen molar-refractivity contribution in [1.29, 1.82) is 0 Å². The number of rotatable bonds is 4. The van der Waals surface area contributed by atoms with Crippen LogP contribution in [0.1, 0.15) is 16.1 Å². The molecule has 0 saturated heterocycles. The zero-order chi connectivity index (χ0) is 15.1. The van der Waals surface area contributed by atoms with E-state index in [9.17, 15) is 4.79 Å². The molecular weight excluding hydrogens is 282 g/mol. The number of hydrogen-bond acceptors (Lipinski definition) is 4. The number of nitrogens with zero attached hydrogens (tertiary/aromatic N) is 2. The van der Waals surface area contributed by atoms with E-state index in [1.165, 1.54) is 0 Å². The number of likely N-dealkylation sites (N-methyl/N-ethyl adjacent to an activating group) is 1. The van der Waals surface area contributed by atoms with E-state index in [0.29, 0.717) is 19.5 Å². The number of hydrogen-bond donors (Lipinski definition) is 1. The molecule has 21 heavy (non-hydrogen) atoms. The predicted molar refractivity (Wildman–Crippen MR) is 84.7 cm³/mol. The number of carbonyl (C=O) groups is 1. The summed E-state index contributed by atoms with van der Waals surface area (Å²) in [5.74, 6) is 5.86. The average molecular weight is 299 g/mol. The Morgan fingerprint density at radius 2 is 2.33 bits per heavy atom. The first-order chi connectivity index (χ1) is 10.2. The van der Waals surface area contributed by atoms with Crippen LogP contribution in [0, 0.1) is 11.8 Å². The van der Waals surface area contributed by atoms with Crippen molar-refractivity contribution in [3.63, 3.8) is 0 Å². The second-order valence-corrected chi connectivity index (χ2v) is 5.55. The first-order valence-corrected chi connectivity index (χ1v) is 7.47. The molecule has 2 N–H and O–H groups in total. The molecule has 0 aliphatic carbocycles. The number of amides is 1. The predicted octanol–water partition coefficient (Wildman–Crippen LogP) is 1.65. The lowest BCUT2D eigenvalue weighted by molar-refractivity contribution is -0.129. The van der Waals surface area contributed by atoms with Crippen molar-refractivity contribution in [1.82, 2.24) is 9.88 Å². The maximum Gasteiger partial charge on any atom is 0.228 e. The highest BCUT2D eigenvalue weighted by atomic mass is 32.1. The summed E-state index contributed by atoms with van der Waals surface area (Å²) in [4.78, 5) is 19.1. The van der Waals surface area contributed by atoms with Crippen LogP contribution in [0.3, 0.4) is 0 Å². The Kier molecular flexibility index (Phi) is 5.50. The average Bonchev–Trinajstić information content (AvgIpc) is 2.93. The molecule has 0 aromatic carbocycles. The van der Waals surface area contributed by atoms with Gasteiger partial charge in [0.25, 0.3) is 0 Å². The summed E-state index contributed by atoms with van der Waals surface area (Å²) in [7, 11) is 1.80. The lowest BCUT2D eigenvalue weighted by Crippen LogP contribution is -2.27. The van der Waals surface area contributed by atoms with Crippen LogP contribution in [-0.2, 0) is 17.8 Å². The molecule has 1 amide bonds. The Labute approximate surface area is 128 Å². The molecule has 0 spiro atoms. The Morgan fingerprint density at radius 1 is 1.48 bits per heavy atom. The molecule has 0 atom stereocenters. The Balaban J connectivity index is 1.93. The van der Waals surface area contributed by atoms with Gasteiger partial charge in [-0.1, -0.05) is 17.9 Å². The van der Waals surface area contributed by atoms with Crippen LogP contribution in [-0.4, -0.2) is 29.4 Å². The molecule has 108 valence electrons. The molecule has 0 unspecified atom stereocenters. The lowest BCUT2D eigenvalue weighted by Gasteiger charge is -2.15. The van der Waals surface area contributed by atoms with Crippen molar-refractivity contribution in [2.45, 2.75) is 13.0 Å². The van der Waals surface area contributed by atoms with E-state index >= 15 is 0 Å². The zero-order valence-corrected chi connectivity index (χ0v) is 12.7. The van der Waals surface area contributed by atoms with Gasteiger partial charge in [0.1, 0.15) is 0 Å². The van der Waals surface area contributed by atoms with Gasteiger partial charge in [-0.05, 0) is 18.2 Å². The minimum absolute atomic E-state index is 0.0525. The lowest BCUT2D eigenvalue weighted by atomic mass is 10.2. The summed E-state index contributed by atoms with van der Waals surface area (Å²) in [6.45, 7) is 0.939. The van der Waals surface area contributed by atoms with Gasteiger partial charge >= 0.3 is 0 Å². The van der Waals surface area contributed by atoms with Gasteiger partial charge in [-0.3, -0.25) is 9.78 Å². The number of pyridine rings is 1. The number of thiophene rings is 1. The van der Waals surface area contributed by atoms with Crippen LogP contribution < -0.4 is 5.73 Å². The largest absolute Gasteiger partial charge is 0.340 e. The van der Waals surface area contributed by atoms with Gasteiger partial charge < -0.3 is 10.6 Å². The fourth-order valence-corrected chi connectivity index (χ4v) is 2.67. The van der Waals surface area contributed by atoms with Crippen molar-refractivity contribution in [2.24, 2.45) is 5.73 Å². The summed E-state index contributed by atoms with van der Waals surface area (Å²) >= 11 is 1.60. The van der Waals surface area contributed by atoms with Gasteiger partial charge in [0.2, 0.25) is 5.91 Å². The third-order valence-electron chi connectivity index (χ3n) is 2.87. The maximum absolute atomic E-state index is 12.1. The van der Waals surface area contributed by atoms with Crippen molar-refractivity contribution in [3.8, 4) is 11.8 Å². The standard InChI is InChI=1S/C16H17N3OS/c1-19(16(20)10-14-6-2-3-8-18-14)11-15-9-13(12-21-15)5-4-7-17/h2-3,6,8-9,12H,7,10-11,17H2,1H3. The molecule has 0 fully saturated rings. The molecule has 5 heteroatoms. The minimum Gasteiger partial charge on any atom is -0.340 e. The normalized spacial score (nSPS) is 9.81. The summed E-state index contributed by atoms with van der Waals surface area (Å²) < 4.78 is 0. The molecule has 0 saturated carbocycles. The number of aromatic nitrogens is 1. The summed E-state index contributed by atoms with van der Waals surface area (Å²) in [5.41, 5.74) is 7.08. The molecule has 2 aromatic heterocycles. The SMILES string of the molecule is CN(Cc1cc(C#CCN)cs1)C(=O)Cc1ccccn1. The van der Waals surface area contributed by atoms with Crippen LogP contribution in [0.25, 0.3) is 0 Å². The van der Waals surface area contributed by atoms with E-state index in [4.69, 9.17) is 5.73 Å². The van der Waals surface area contributed by atoms with E-state index in [1.54, 1.807) is 29.5 Å². The van der Waals surface area contributed by atoms with Crippen molar-refractivity contribution >= 4 is 17.2 Å². The monoisotopic (exact) mass is 299 g/mol. The molecule has 0 aliphatic rings. The molecular formula is C16H17N3OS.